The van der Waals surface area contributed by atoms with Crippen molar-refractivity contribution < 1.29 is 9.53 Å². The summed E-state index contributed by atoms with van der Waals surface area (Å²) in [6, 6.07) is 3.58. The summed E-state index contributed by atoms with van der Waals surface area (Å²) in [5.74, 6) is -0.347. The summed E-state index contributed by atoms with van der Waals surface area (Å²) in [5.41, 5.74) is 1.43. The largest absolute Gasteiger partial charge is 0.465 e. The number of carbonyl (C=O) groups is 1. The normalized spacial score (nSPS) is 10.2. The lowest BCUT2D eigenvalue weighted by Crippen LogP contribution is -2.15. The third-order valence-corrected chi connectivity index (χ3v) is 2.51. The van der Waals surface area contributed by atoms with E-state index in [1.54, 1.807) is 12.3 Å². The summed E-state index contributed by atoms with van der Waals surface area (Å²) in [7, 11) is 1.37. The Kier molecular flexibility index (Phi) is 6.25. The first kappa shape index (κ1) is 13.6. The average molecular weight is 236 g/mol. The zero-order valence-electron chi connectivity index (χ0n) is 10.5. The second-order valence-electron chi connectivity index (χ2n) is 3.91. The van der Waals surface area contributed by atoms with E-state index >= 15 is 0 Å². The van der Waals surface area contributed by atoms with E-state index in [0.717, 1.165) is 18.8 Å². The highest BCUT2D eigenvalue weighted by Crippen LogP contribution is 2.02. The first-order valence-corrected chi connectivity index (χ1v) is 6.02. The Labute approximate surface area is 102 Å². The van der Waals surface area contributed by atoms with Crippen molar-refractivity contribution in [3.8, 4) is 0 Å². The third kappa shape index (κ3) is 4.95. The van der Waals surface area contributed by atoms with Crippen LogP contribution in [0.5, 0.6) is 0 Å². The van der Waals surface area contributed by atoms with Crippen molar-refractivity contribution in [3.05, 3.63) is 29.6 Å². The Morgan fingerprint density at radius 3 is 2.82 bits per heavy atom. The highest BCUT2D eigenvalue weighted by Gasteiger charge is 2.04. The Hall–Kier alpha value is -1.42. The van der Waals surface area contributed by atoms with E-state index in [4.69, 9.17) is 0 Å². The molecule has 0 unspecified atom stereocenters. The molecule has 1 N–H and O–H groups in total. The maximum Gasteiger partial charge on any atom is 0.339 e. The van der Waals surface area contributed by atoms with E-state index < -0.39 is 0 Å². The molecule has 0 atom stereocenters. The van der Waals surface area contributed by atoms with Gasteiger partial charge < -0.3 is 10.1 Å². The van der Waals surface area contributed by atoms with Crippen LogP contribution in [0.4, 0.5) is 0 Å². The monoisotopic (exact) mass is 236 g/mol. The smallest absolute Gasteiger partial charge is 0.339 e. The van der Waals surface area contributed by atoms with Crippen molar-refractivity contribution in [1.82, 2.24) is 10.3 Å². The highest BCUT2D eigenvalue weighted by molar-refractivity contribution is 5.88. The standard InChI is InChI=1S/C13H20N2O2/c1-3-4-5-8-14-10-12-7-6-11(9-15-12)13(16)17-2/h6-7,9,14H,3-5,8,10H2,1-2H3. The fourth-order valence-corrected chi connectivity index (χ4v) is 1.48. The van der Waals surface area contributed by atoms with Gasteiger partial charge in [-0.15, -0.1) is 0 Å². The number of esters is 1. The lowest BCUT2D eigenvalue weighted by Gasteiger charge is -2.04. The van der Waals surface area contributed by atoms with Gasteiger partial charge in [0.1, 0.15) is 0 Å². The molecule has 0 radical (unpaired) electrons. The van der Waals surface area contributed by atoms with Gasteiger partial charge in [0.15, 0.2) is 0 Å². The Balaban J connectivity index is 2.33. The summed E-state index contributed by atoms with van der Waals surface area (Å²) < 4.78 is 4.61. The Morgan fingerprint density at radius 1 is 1.41 bits per heavy atom. The molecule has 0 aliphatic rings. The molecule has 1 rings (SSSR count). The van der Waals surface area contributed by atoms with Crippen molar-refractivity contribution in [1.29, 1.82) is 0 Å². The number of unbranched alkanes of at least 4 members (excludes halogenated alkanes) is 2. The van der Waals surface area contributed by atoms with E-state index in [1.165, 1.54) is 26.4 Å². The predicted octanol–water partition coefficient (Wildman–Crippen LogP) is 2.15. The molecule has 0 aliphatic heterocycles. The first-order valence-electron chi connectivity index (χ1n) is 6.02. The first-order chi connectivity index (χ1) is 8.27. The van der Waals surface area contributed by atoms with Crippen LogP contribution in [-0.2, 0) is 11.3 Å². The maximum atomic E-state index is 11.2. The molecular weight excluding hydrogens is 216 g/mol. The molecule has 0 saturated heterocycles. The van der Waals surface area contributed by atoms with Gasteiger partial charge in [0.2, 0.25) is 0 Å². The molecule has 1 aromatic rings. The SMILES string of the molecule is CCCCCNCc1ccc(C(=O)OC)cn1. The van der Waals surface area contributed by atoms with E-state index in [9.17, 15) is 4.79 Å². The summed E-state index contributed by atoms with van der Waals surface area (Å²) in [6.07, 6.45) is 5.22. The van der Waals surface area contributed by atoms with Crippen molar-refractivity contribution in [2.24, 2.45) is 0 Å². The number of nitrogens with one attached hydrogen (secondary N) is 1. The van der Waals surface area contributed by atoms with E-state index in [-0.39, 0.29) is 5.97 Å². The summed E-state index contributed by atoms with van der Waals surface area (Å²) in [4.78, 5) is 15.4. The number of aromatic nitrogens is 1. The molecule has 0 bridgehead atoms. The zero-order chi connectivity index (χ0) is 12.5. The third-order valence-electron chi connectivity index (χ3n) is 2.51. The fourth-order valence-electron chi connectivity index (χ4n) is 1.48. The van der Waals surface area contributed by atoms with Gasteiger partial charge in [-0.1, -0.05) is 19.8 Å². The van der Waals surface area contributed by atoms with Gasteiger partial charge in [-0.25, -0.2) is 4.79 Å². The fraction of sp³-hybridized carbons (Fsp3) is 0.538. The van der Waals surface area contributed by atoms with Crippen molar-refractivity contribution in [2.75, 3.05) is 13.7 Å². The second-order valence-corrected chi connectivity index (χ2v) is 3.91. The minimum absolute atomic E-state index is 0.347. The number of methoxy groups -OCH3 is 1. The van der Waals surface area contributed by atoms with Crippen LogP contribution in [0.2, 0.25) is 0 Å². The molecule has 1 aromatic heterocycles. The maximum absolute atomic E-state index is 11.2. The van der Waals surface area contributed by atoms with Gasteiger partial charge in [0.25, 0.3) is 0 Å². The molecule has 0 saturated carbocycles. The van der Waals surface area contributed by atoms with Gasteiger partial charge in [-0.05, 0) is 25.1 Å². The summed E-state index contributed by atoms with van der Waals surface area (Å²) in [5, 5.41) is 3.32. The number of rotatable bonds is 7. The number of ether oxygens (including phenoxy) is 1. The van der Waals surface area contributed by atoms with Crippen molar-refractivity contribution in [3.63, 3.8) is 0 Å². The molecule has 0 spiro atoms. The summed E-state index contributed by atoms with van der Waals surface area (Å²) in [6.45, 7) is 3.94. The van der Waals surface area contributed by atoms with Crippen LogP contribution in [0.1, 0.15) is 42.2 Å². The number of carbonyl (C=O) groups excluding carboxylic acids is 1. The molecule has 0 fully saturated rings. The molecular formula is C13H20N2O2. The molecule has 0 aromatic carbocycles. The van der Waals surface area contributed by atoms with Crippen LogP contribution >= 0.6 is 0 Å². The number of hydrogen-bond donors (Lipinski definition) is 1. The predicted molar refractivity (Wildman–Crippen MR) is 66.8 cm³/mol. The van der Waals surface area contributed by atoms with Crippen LogP contribution in [0.25, 0.3) is 0 Å². The van der Waals surface area contributed by atoms with Gasteiger partial charge >= 0.3 is 5.97 Å². The minimum atomic E-state index is -0.347. The molecule has 0 amide bonds. The second kappa shape index (κ2) is 7.79. The lowest BCUT2D eigenvalue weighted by atomic mass is 10.2. The van der Waals surface area contributed by atoms with Crippen LogP contribution < -0.4 is 5.32 Å². The van der Waals surface area contributed by atoms with Crippen molar-refractivity contribution >= 4 is 5.97 Å². The molecule has 94 valence electrons. The van der Waals surface area contributed by atoms with Gasteiger partial charge in [-0.3, -0.25) is 4.98 Å². The summed E-state index contributed by atoms with van der Waals surface area (Å²) >= 11 is 0. The van der Waals surface area contributed by atoms with Gasteiger partial charge in [0.05, 0.1) is 18.4 Å². The average Bonchev–Trinajstić information content (AvgIpc) is 2.38. The number of pyridine rings is 1. The lowest BCUT2D eigenvalue weighted by molar-refractivity contribution is 0.0600. The van der Waals surface area contributed by atoms with Gasteiger partial charge in [-0.2, -0.15) is 0 Å². The number of nitrogens with zero attached hydrogens (tertiary/aromatic N) is 1. The molecule has 4 heteroatoms. The van der Waals surface area contributed by atoms with E-state index in [0.29, 0.717) is 5.56 Å². The molecule has 4 nitrogen and oxygen atoms in total. The van der Waals surface area contributed by atoms with Crippen LogP contribution in [-0.4, -0.2) is 24.6 Å². The van der Waals surface area contributed by atoms with Crippen LogP contribution in [0.15, 0.2) is 18.3 Å². The zero-order valence-corrected chi connectivity index (χ0v) is 10.5. The number of hydrogen-bond acceptors (Lipinski definition) is 4. The quantitative estimate of drug-likeness (QED) is 0.582. The van der Waals surface area contributed by atoms with E-state index in [2.05, 4.69) is 22.0 Å². The minimum Gasteiger partial charge on any atom is -0.465 e. The van der Waals surface area contributed by atoms with Crippen LogP contribution in [0.3, 0.4) is 0 Å². The molecule has 1 heterocycles. The van der Waals surface area contributed by atoms with Gasteiger partial charge in [0, 0.05) is 12.7 Å². The van der Waals surface area contributed by atoms with E-state index in [1.807, 2.05) is 6.07 Å². The van der Waals surface area contributed by atoms with Crippen LogP contribution in [0, 0.1) is 0 Å². The van der Waals surface area contributed by atoms with Crippen molar-refractivity contribution in [2.45, 2.75) is 32.7 Å². The molecule has 0 aliphatic carbocycles. The highest BCUT2D eigenvalue weighted by atomic mass is 16.5. The Morgan fingerprint density at radius 2 is 2.24 bits per heavy atom. The Bertz CT molecular complexity index is 336. The topological polar surface area (TPSA) is 51.2 Å². The molecule has 17 heavy (non-hydrogen) atoms.